The van der Waals surface area contributed by atoms with Crippen molar-refractivity contribution in [2.75, 3.05) is 18.1 Å². The molecule has 0 saturated carbocycles. The number of benzene rings is 2. The molecule has 0 fully saturated rings. The molecule has 0 radical (unpaired) electrons. The average Bonchev–Trinajstić information content (AvgIpc) is 2.86. The van der Waals surface area contributed by atoms with E-state index in [4.69, 9.17) is 9.47 Å². The summed E-state index contributed by atoms with van der Waals surface area (Å²) in [6, 6.07) is 14.5. The largest absolute Gasteiger partial charge is 0.489 e. The fourth-order valence-electron chi connectivity index (χ4n) is 3.46. The number of nitrogens with zero attached hydrogens (tertiary/aromatic N) is 1. The highest BCUT2D eigenvalue weighted by atomic mass is 16.5. The number of amides is 1. The highest BCUT2D eigenvalue weighted by molar-refractivity contribution is 5.99. The number of anilines is 1. The molecule has 0 spiro atoms. The second-order valence-electron chi connectivity index (χ2n) is 7.79. The smallest absolute Gasteiger partial charge is 0.322 e. The lowest BCUT2D eigenvalue weighted by Crippen LogP contribution is -2.53. The number of esters is 1. The minimum Gasteiger partial charge on any atom is -0.489 e. The van der Waals surface area contributed by atoms with Crippen LogP contribution >= 0.6 is 0 Å². The maximum Gasteiger partial charge on any atom is 0.322 e. The number of rotatable bonds is 7. The molecule has 30 heavy (non-hydrogen) atoms. The average molecular weight is 411 g/mol. The van der Waals surface area contributed by atoms with Crippen molar-refractivity contribution in [3.05, 3.63) is 59.7 Å². The monoisotopic (exact) mass is 410 g/mol. The first kappa shape index (κ1) is 21.8. The van der Waals surface area contributed by atoms with Gasteiger partial charge in [-0.1, -0.05) is 50.2 Å². The Kier molecular flexibility index (Phi) is 7.11. The summed E-state index contributed by atoms with van der Waals surface area (Å²) in [4.78, 5) is 27.2. The van der Waals surface area contributed by atoms with Crippen LogP contribution in [0.2, 0.25) is 0 Å². The van der Waals surface area contributed by atoms with Gasteiger partial charge in [0, 0.05) is 0 Å². The summed E-state index contributed by atoms with van der Waals surface area (Å²) < 4.78 is 11.0. The van der Waals surface area contributed by atoms with E-state index in [-0.39, 0.29) is 18.5 Å². The van der Waals surface area contributed by atoms with Crippen LogP contribution in [0.4, 0.5) is 5.69 Å². The lowest BCUT2D eigenvalue weighted by Gasteiger charge is -2.26. The van der Waals surface area contributed by atoms with Gasteiger partial charge in [0.15, 0.2) is 0 Å². The van der Waals surface area contributed by atoms with Gasteiger partial charge in [0.1, 0.15) is 24.4 Å². The molecular weight excluding hydrogens is 380 g/mol. The van der Waals surface area contributed by atoms with E-state index in [1.165, 1.54) is 5.56 Å². The Bertz CT molecular complexity index is 879. The van der Waals surface area contributed by atoms with E-state index >= 15 is 0 Å². The number of fused-ring (bicyclic) bond motifs is 1. The SMILES string of the molecule is CCOC(=O)[C@H](C)NC1COc2ccccc2N(Cc2ccc(C(C)C)cc2)C1=O. The molecule has 0 aromatic heterocycles. The van der Waals surface area contributed by atoms with Crippen molar-refractivity contribution in [2.24, 2.45) is 0 Å². The van der Waals surface area contributed by atoms with Gasteiger partial charge in [-0.2, -0.15) is 0 Å². The molecule has 160 valence electrons. The van der Waals surface area contributed by atoms with Crippen LogP contribution in [0.25, 0.3) is 0 Å². The zero-order chi connectivity index (χ0) is 21.7. The van der Waals surface area contributed by atoms with Gasteiger partial charge >= 0.3 is 5.97 Å². The molecule has 1 amide bonds. The molecule has 1 N–H and O–H groups in total. The topological polar surface area (TPSA) is 67.9 Å². The number of carbonyl (C=O) groups excluding carboxylic acids is 2. The lowest BCUT2D eigenvalue weighted by atomic mass is 10.0. The summed E-state index contributed by atoms with van der Waals surface area (Å²) in [5, 5.41) is 3.08. The van der Waals surface area contributed by atoms with E-state index in [0.717, 1.165) is 11.3 Å². The van der Waals surface area contributed by atoms with E-state index in [2.05, 4.69) is 43.4 Å². The molecule has 2 atom stereocenters. The third-order valence-electron chi connectivity index (χ3n) is 5.20. The molecule has 1 heterocycles. The summed E-state index contributed by atoms with van der Waals surface area (Å²) in [7, 11) is 0. The van der Waals surface area contributed by atoms with E-state index in [1.54, 1.807) is 18.7 Å². The lowest BCUT2D eigenvalue weighted by molar-refractivity contribution is -0.145. The van der Waals surface area contributed by atoms with E-state index in [1.807, 2.05) is 24.3 Å². The highest BCUT2D eigenvalue weighted by Gasteiger charge is 2.33. The molecular formula is C24H30N2O4. The normalized spacial score (nSPS) is 17.2. The maximum absolute atomic E-state index is 13.4. The predicted molar refractivity (Wildman–Crippen MR) is 117 cm³/mol. The van der Waals surface area contributed by atoms with Gasteiger partial charge in [0.05, 0.1) is 18.8 Å². The van der Waals surface area contributed by atoms with Crippen LogP contribution in [-0.2, 0) is 20.9 Å². The number of ether oxygens (including phenoxy) is 2. The molecule has 1 aliphatic heterocycles. The van der Waals surface area contributed by atoms with Gasteiger partial charge in [-0.05, 0) is 43.0 Å². The maximum atomic E-state index is 13.4. The van der Waals surface area contributed by atoms with Crippen LogP contribution in [0.5, 0.6) is 5.75 Å². The van der Waals surface area contributed by atoms with E-state index < -0.39 is 12.1 Å². The Morgan fingerprint density at radius 3 is 2.53 bits per heavy atom. The van der Waals surface area contributed by atoms with Crippen molar-refractivity contribution in [1.29, 1.82) is 0 Å². The first-order valence-electron chi connectivity index (χ1n) is 10.5. The van der Waals surface area contributed by atoms with Gasteiger partial charge in [-0.15, -0.1) is 0 Å². The molecule has 6 heteroatoms. The number of hydrogen-bond donors (Lipinski definition) is 1. The molecule has 2 aromatic carbocycles. The molecule has 0 aliphatic carbocycles. The summed E-state index contributed by atoms with van der Waals surface area (Å²) >= 11 is 0. The van der Waals surface area contributed by atoms with Crippen LogP contribution in [-0.4, -0.2) is 37.2 Å². The fourth-order valence-corrected chi connectivity index (χ4v) is 3.46. The van der Waals surface area contributed by atoms with Crippen molar-refractivity contribution >= 4 is 17.6 Å². The summed E-state index contributed by atoms with van der Waals surface area (Å²) in [6.45, 7) is 8.62. The predicted octanol–water partition coefficient (Wildman–Crippen LogP) is 3.65. The summed E-state index contributed by atoms with van der Waals surface area (Å²) in [5.74, 6) is 0.579. The van der Waals surface area contributed by atoms with Crippen LogP contribution in [0, 0.1) is 0 Å². The molecule has 0 bridgehead atoms. The van der Waals surface area contributed by atoms with Crippen LogP contribution in [0.1, 0.15) is 44.7 Å². The summed E-state index contributed by atoms with van der Waals surface area (Å²) in [5.41, 5.74) is 3.01. The van der Waals surface area contributed by atoms with E-state index in [9.17, 15) is 9.59 Å². The standard InChI is InChI=1S/C24H30N2O4/c1-5-29-24(28)17(4)25-20-15-30-22-9-7-6-8-21(22)26(23(20)27)14-18-10-12-19(13-11-18)16(2)3/h6-13,16-17,20,25H,5,14-15H2,1-4H3/t17-,20?/m0/s1. The van der Waals surface area contributed by atoms with Gasteiger partial charge < -0.3 is 14.4 Å². The molecule has 1 unspecified atom stereocenters. The quantitative estimate of drug-likeness (QED) is 0.706. The third-order valence-corrected chi connectivity index (χ3v) is 5.20. The van der Waals surface area contributed by atoms with Crippen molar-refractivity contribution in [3.63, 3.8) is 0 Å². The number of hydrogen-bond acceptors (Lipinski definition) is 5. The van der Waals surface area contributed by atoms with Gasteiger partial charge in [-0.3, -0.25) is 14.9 Å². The molecule has 6 nitrogen and oxygen atoms in total. The highest BCUT2D eigenvalue weighted by Crippen LogP contribution is 2.32. The van der Waals surface area contributed by atoms with Gasteiger partial charge in [0.25, 0.3) is 0 Å². The molecule has 2 aromatic rings. The third kappa shape index (κ3) is 5.00. The second-order valence-corrected chi connectivity index (χ2v) is 7.79. The van der Waals surface area contributed by atoms with Crippen molar-refractivity contribution < 1.29 is 19.1 Å². The zero-order valence-corrected chi connectivity index (χ0v) is 18.1. The first-order chi connectivity index (χ1) is 14.4. The van der Waals surface area contributed by atoms with Crippen molar-refractivity contribution in [2.45, 2.75) is 52.2 Å². The number of nitrogens with one attached hydrogen (secondary N) is 1. The Hall–Kier alpha value is -2.86. The Labute approximate surface area is 178 Å². The van der Waals surface area contributed by atoms with Crippen molar-refractivity contribution in [1.82, 2.24) is 5.32 Å². The fraction of sp³-hybridized carbons (Fsp3) is 0.417. The Morgan fingerprint density at radius 2 is 1.87 bits per heavy atom. The molecule has 0 saturated heterocycles. The van der Waals surface area contributed by atoms with E-state index in [0.29, 0.717) is 24.8 Å². The minimum absolute atomic E-state index is 0.135. The molecule has 3 rings (SSSR count). The number of carbonyl (C=O) groups is 2. The molecule has 1 aliphatic rings. The summed E-state index contributed by atoms with van der Waals surface area (Å²) in [6.07, 6.45) is 0. The minimum atomic E-state index is -0.660. The Balaban J connectivity index is 1.85. The van der Waals surface area contributed by atoms with Crippen LogP contribution in [0.15, 0.2) is 48.5 Å². The van der Waals surface area contributed by atoms with Crippen molar-refractivity contribution in [3.8, 4) is 5.75 Å². The number of para-hydroxylation sites is 2. The first-order valence-corrected chi connectivity index (χ1v) is 10.5. The van der Waals surface area contributed by atoms with Gasteiger partial charge in [-0.25, -0.2) is 0 Å². The Morgan fingerprint density at radius 1 is 1.17 bits per heavy atom. The van der Waals surface area contributed by atoms with Crippen LogP contribution in [0.3, 0.4) is 0 Å². The van der Waals surface area contributed by atoms with Crippen LogP contribution < -0.4 is 15.0 Å². The second kappa shape index (κ2) is 9.76. The zero-order valence-electron chi connectivity index (χ0n) is 18.1. The van der Waals surface area contributed by atoms with Gasteiger partial charge in [0.2, 0.25) is 5.91 Å².